The van der Waals surface area contributed by atoms with E-state index in [0.29, 0.717) is 5.75 Å². The van der Waals surface area contributed by atoms with Crippen LogP contribution in [0.15, 0.2) is 12.7 Å². The normalized spacial score (nSPS) is 10.0. The van der Waals surface area contributed by atoms with Crippen LogP contribution in [0.1, 0.15) is 0 Å². The van der Waals surface area contributed by atoms with Gasteiger partial charge in [-0.15, -0.1) is 6.58 Å². The van der Waals surface area contributed by atoms with Crippen molar-refractivity contribution in [2.75, 3.05) is 5.75 Å². The first-order valence-electron chi connectivity index (χ1n) is 1.87. The third-order valence-corrected chi connectivity index (χ3v) is 3.49. The number of rotatable bonds is 3. The Balaban J connectivity index is 0. The van der Waals surface area contributed by atoms with Crippen LogP contribution in [-0.2, 0) is 11.8 Å². The minimum Gasteiger partial charge on any atom is -0.338 e. The maximum absolute atomic E-state index is 8.55. The molecular weight excluding hydrogens is 302 g/mol. The van der Waals surface area contributed by atoms with Gasteiger partial charge in [-0.25, -0.2) is 0 Å². The summed E-state index contributed by atoms with van der Waals surface area (Å²) in [7, 11) is 0. The fraction of sp³-hybridized carbons (Fsp3) is 0.333. The zero-order valence-corrected chi connectivity index (χ0v) is 10.9. The molecule has 0 aliphatic rings. The summed E-state index contributed by atoms with van der Waals surface area (Å²) in [4.78, 5) is 17.1. The van der Waals surface area contributed by atoms with E-state index in [1.165, 1.54) is 0 Å². The second kappa shape index (κ2) is 6.56. The van der Waals surface area contributed by atoms with Crippen LogP contribution in [0.3, 0.4) is 0 Å². The predicted molar refractivity (Wildman–Crippen MR) is 41.4 cm³/mol. The summed E-state index contributed by atoms with van der Waals surface area (Å²) in [5.74, 6) is 0.504. The molecule has 0 aliphatic carbocycles. The van der Waals surface area contributed by atoms with Crippen molar-refractivity contribution in [1.82, 2.24) is 0 Å². The quantitative estimate of drug-likeness (QED) is 0.605. The first-order chi connectivity index (χ1) is 3.56. The first-order valence-corrected chi connectivity index (χ1v) is 6.17. The van der Waals surface area contributed by atoms with Gasteiger partial charge in [0.05, 0.1) is 0 Å². The molecule has 51 valence electrons. The molecule has 0 atom stereocenters. The van der Waals surface area contributed by atoms with Crippen LogP contribution in [0.5, 0.6) is 0 Å². The molecule has 0 amide bonds. The van der Waals surface area contributed by atoms with Crippen LogP contribution in [0.25, 0.3) is 0 Å². The Morgan fingerprint density at radius 3 is 2.22 bits per heavy atom. The fourth-order valence-corrected chi connectivity index (χ4v) is 1.90. The Morgan fingerprint density at radius 1 is 1.67 bits per heavy atom. The molecule has 2 N–H and O–H groups in total. The van der Waals surface area contributed by atoms with Gasteiger partial charge in [0.25, 0.3) is 0 Å². The molecule has 0 aliphatic heterocycles. The molecule has 0 bridgehead atoms. The van der Waals surface area contributed by atoms with Crippen LogP contribution in [0.2, 0.25) is 0 Å². The summed E-state index contributed by atoms with van der Waals surface area (Å²) in [5, 5.41) is 0. The summed E-state index contributed by atoms with van der Waals surface area (Å²) in [6.07, 6.45) is 1.58. The summed E-state index contributed by atoms with van der Waals surface area (Å²) >= 11 is 5.24. The van der Waals surface area contributed by atoms with Crippen LogP contribution >= 0.6 is 17.1 Å². The maximum Gasteiger partial charge on any atom is 0.242 e. The van der Waals surface area contributed by atoms with Gasteiger partial charge in [-0.1, -0.05) is 17.5 Å². The molecular formula is C3H7LaO2PS2. The molecule has 0 rings (SSSR count). The Bertz CT molecular complexity index is 123. The molecule has 0 spiro atoms. The van der Waals surface area contributed by atoms with Gasteiger partial charge in [-0.3, -0.25) is 0 Å². The van der Waals surface area contributed by atoms with Crippen molar-refractivity contribution in [3.63, 3.8) is 0 Å². The number of hydrogen-bond donors (Lipinski definition) is 2. The van der Waals surface area contributed by atoms with Crippen molar-refractivity contribution in [3.8, 4) is 0 Å². The van der Waals surface area contributed by atoms with Gasteiger partial charge in [-0.05, 0) is 11.8 Å². The van der Waals surface area contributed by atoms with E-state index >= 15 is 0 Å². The van der Waals surface area contributed by atoms with Gasteiger partial charge in [0.15, 0.2) is 0 Å². The molecule has 0 saturated heterocycles. The maximum atomic E-state index is 8.55. The molecule has 6 heteroatoms. The summed E-state index contributed by atoms with van der Waals surface area (Å²) in [6.45, 7) is 3.39. The minimum absolute atomic E-state index is 0. The molecule has 0 heterocycles. The monoisotopic (exact) mass is 309 g/mol. The standard InChI is InChI=1S/C3H7O2PS2.La/c1-2-3-8-6(4,5)7;/h2H,1,3H2,(H2,4,5,7);. The molecule has 0 aromatic carbocycles. The Kier molecular flexibility index (Phi) is 9.80. The SMILES string of the molecule is C=CCSP(O)(O)=S.[La]. The first kappa shape index (κ1) is 13.4. The van der Waals surface area contributed by atoms with Gasteiger partial charge >= 0.3 is 0 Å². The van der Waals surface area contributed by atoms with Crippen molar-refractivity contribution >= 4 is 28.9 Å². The van der Waals surface area contributed by atoms with E-state index in [2.05, 4.69) is 18.4 Å². The minimum atomic E-state index is -3.00. The molecule has 2 nitrogen and oxygen atoms in total. The van der Waals surface area contributed by atoms with Crippen LogP contribution in [0, 0.1) is 35.6 Å². The molecule has 1 radical (unpaired) electrons. The summed E-state index contributed by atoms with van der Waals surface area (Å²) in [6, 6.07) is 0. The topological polar surface area (TPSA) is 40.5 Å². The van der Waals surface area contributed by atoms with Gasteiger partial charge in [0, 0.05) is 41.4 Å². The second-order valence-corrected chi connectivity index (χ2v) is 7.17. The average Bonchev–Trinajstić information content (AvgIpc) is 1.59. The van der Waals surface area contributed by atoms with Crippen molar-refractivity contribution < 1.29 is 45.4 Å². The number of hydrogen-bond acceptors (Lipinski definition) is 2. The Morgan fingerprint density at radius 2 is 2.11 bits per heavy atom. The molecule has 9 heavy (non-hydrogen) atoms. The zero-order chi connectivity index (χ0) is 6.62. The van der Waals surface area contributed by atoms with Crippen LogP contribution < -0.4 is 0 Å². The van der Waals surface area contributed by atoms with Crippen LogP contribution in [-0.4, -0.2) is 15.5 Å². The second-order valence-electron chi connectivity index (χ2n) is 1.08. The molecule has 0 aromatic heterocycles. The Labute approximate surface area is 91.6 Å². The van der Waals surface area contributed by atoms with Crippen molar-refractivity contribution in [2.24, 2.45) is 0 Å². The van der Waals surface area contributed by atoms with E-state index in [4.69, 9.17) is 9.79 Å². The summed E-state index contributed by atoms with van der Waals surface area (Å²) in [5.41, 5.74) is -3.00. The van der Waals surface area contributed by atoms with Crippen molar-refractivity contribution in [3.05, 3.63) is 12.7 Å². The van der Waals surface area contributed by atoms with Crippen molar-refractivity contribution in [2.45, 2.75) is 0 Å². The predicted octanol–water partition coefficient (Wildman–Crippen LogP) is 1.11. The van der Waals surface area contributed by atoms with E-state index < -0.39 is 5.69 Å². The van der Waals surface area contributed by atoms with E-state index in [0.717, 1.165) is 11.4 Å². The Hall–Kier alpha value is 1.85. The molecule has 0 saturated carbocycles. The third-order valence-electron chi connectivity index (χ3n) is 0.361. The van der Waals surface area contributed by atoms with Gasteiger partial charge in [0.1, 0.15) is 0 Å². The zero-order valence-electron chi connectivity index (χ0n) is 4.73. The largest absolute Gasteiger partial charge is 0.338 e. The van der Waals surface area contributed by atoms with E-state index in [1.54, 1.807) is 6.08 Å². The molecule has 0 aromatic rings. The third kappa shape index (κ3) is 12.9. The average molecular weight is 309 g/mol. The van der Waals surface area contributed by atoms with E-state index in [1.807, 2.05) is 0 Å². The molecule has 0 fully saturated rings. The van der Waals surface area contributed by atoms with Crippen LogP contribution in [0.4, 0.5) is 0 Å². The smallest absolute Gasteiger partial charge is 0.242 e. The summed E-state index contributed by atoms with van der Waals surface area (Å²) < 4.78 is 0. The van der Waals surface area contributed by atoms with Gasteiger partial charge in [-0.2, -0.15) is 0 Å². The fourth-order valence-electron chi connectivity index (χ4n) is 0.150. The molecule has 0 unspecified atom stereocenters. The van der Waals surface area contributed by atoms with Gasteiger partial charge < -0.3 is 9.79 Å². The van der Waals surface area contributed by atoms with Crippen molar-refractivity contribution in [1.29, 1.82) is 0 Å². The van der Waals surface area contributed by atoms with E-state index in [-0.39, 0.29) is 35.6 Å². The van der Waals surface area contributed by atoms with E-state index in [9.17, 15) is 0 Å². The van der Waals surface area contributed by atoms with Gasteiger partial charge in [0.2, 0.25) is 5.69 Å².